The maximum Gasteiger partial charge on any atom is 0.282 e. The van der Waals surface area contributed by atoms with Crippen LogP contribution in [0.2, 0.25) is 0 Å². The third kappa shape index (κ3) is 4.02. The van der Waals surface area contributed by atoms with Gasteiger partial charge in [0.25, 0.3) is 5.91 Å². The number of halogens is 1. The molecule has 1 aliphatic rings. The summed E-state index contributed by atoms with van der Waals surface area (Å²) in [4.78, 5) is 39.2. The highest BCUT2D eigenvalue weighted by molar-refractivity contribution is 6.28. The zero-order chi connectivity index (χ0) is 22.1. The van der Waals surface area contributed by atoms with Crippen LogP contribution in [-0.4, -0.2) is 30.6 Å². The Bertz CT molecular complexity index is 1200. The second-order valence-electron chi connectivity index (χ2n) is 7.83. The van der Waals surface area contributed by atoms with Crippen molar-refractivity contribution in [2.24, 2.45) is 0 Å². The molecule has 3 aromatic carbocycles. The quantitative estimate of drug-likeness (QED) is 0.525. The Labute approximate surface area is 179 Å². The summed E-state index contributed by atoms with van der Waals surface area (Å²) in [5.74, 6) is -0.972. The maximum atomic E-state index is 13.4. The van der Waals surface area contributed by atoms with Crippen LogP contribution < -0.4 is 10.2 Å². The van der Waals surface area contributed by atoms with Gasteiger partial charge < -0.3 is 10.2 Å². The number of rotatable bonds is 5. The number of nitrogens with one attached hydrogen (secondary N) is 2. The first kappa shape index (κ1) is 20.6. The summed E-state index contributed by atoms with van der Waals surface area (Å²) in [5, 5.41) is 2.83. The molecule has 31 heavy (non-hydrogen) atoms. The molecule has 1 aliphatic carbocycles. The van der Waals surface area contributed by atoms with Crippen LogP contribution in [0.4, 0.5) is 10.1 Å². The van der Waals surface area contributed by atoms with Crippen molar-refractivity contribution < 1.29 is 23.7 Å². The molecule has 156 valence electrons. The Balaban J connectivity index is 1.50. The topological polar surface area (TPSA) is 67.7 Å². The first-order valence-corrected chi connectivity index (χ1v) is 10.0. The van der Waals surface area contributed by atoms with Gasteiger partial charge in [0.05, 0.1) is 7.05 Å². The fraction of sp³-hybridized carbons (Fsp3) is 0.160. The lowest BCUT2D eigenvalue weighted by molar-refractivity contribution is -0.907. The third-order valence-electron chi connectivity index (χ3n) is 5.70. The van der Waals surface area contributed by atoms with Crippen LogP contribution in [0.15, 0.2) is 66.7 Å². The fourth-order valence-electron chi connectivity index (χ4n) is 3.77. The van der Waals surface area contributed by atoms with Crippen molar-refractivity contribution in [3.05, 3.63) is 100 Å². The van der Waals surface area contributed by atoms with Gasteiger partial charge in [-0.3, -0.25) is 14.4 Å². The highest BCUT2D eigenvalue weighted by atomic mass is 19.1. The zero-order valence-corrected chi connectivity index (χ0v) is 17.2. The molecule has 1 amide bonds. The summed E-state index contributed by atoms with van der Waals surface area (Å²) in [6, 6.07) is 17.4. The van der Waals surface area contributed by atoms with Crippen LogP contribution in [0.3, 0.4) is 0 Å². The van der Waals surface area contributed by atoms with Crippen LogP contribution in [0.1, 0.15) is 44.3 Å². The first-order valence-electron chi connectivity index (χ1n) is 10.0. The van der Waals surface area contributed by atoms with Crippen LogP contribution in [0.25, 0.3) is 0 Å². The van der Waals surface area contributed by atoms with Crippen LogP contribution in [0, 0.1) is 5.82 Å². The van der Waals surface area contributed by atoms with Gasteiger partial charge in [-0.1, -0.05) is 36.4 Å². The van der Waals surface area contributed by atoms with E-state index in [4.69, 9.17) is 0 Å². The summed E-state index contributed by atoms with van der Waals surface area (Å²) in [5.41, 5.74) is 2.64. The molecule has 2 atom stereocenters. The second-order valence-corrected chi connectivity index (χ2v) is 7.83. The fourth-order valence-corrected chi connectivity index (χ4v) is 3.77. The van der Waals surface area contributed by atoms with E-state index >= 15 is 0 Å². The number of likely N-dealkylation sites (N-methyl/N-ethyl adjacent to an activating group) is 1. The summed E-state index contributed by atoms with van der Waals surface area (Å²) in [6.07, 6.45) is 0. The number of quaternary nitrogens is 1. The van der Waals surface area contributed by atoms with Gasteiger partial charge in [0.1, 0.15) is 12.4 Å². The molecule has 0 heterocycles. The number of anilines is 1. The van der Waals surface area contributed by atoms with Crippen LogP contribution >= 0.6 is 0 Å². The SMILES string of the molecule is C[C@@H](C(=O)Nc1ccc2c(c1)C(=O)c1ccccc1C2=O)[NH+](C)Cc1cccc(F)c1. The molecule has 0 saturated carbocycles. The lowest BCUT2D eigenvalue weighted by atomic mass is 9.84. The van der Waals surface area contributed by atoms with E-state index < -0.39 is 6.04 Å². The van der Waals surface area contributed by atoms with Crippen LogP contribution in [-0.2, 0) is 11.3 Å². The minimum absolute atomic E-state index is 0.198. The number of amides is 1. The molecule has 2 N–H and O–H groups in total. The van der Waals surface area contributed by atoms with E-state index in [2.05, 4.69) is 5.32 Å². The minimum atomic E-state index is -0.419. The van der Waals surface area contributed by atoms with Crippen molar-refractivity contribution in [1.29, 1.82) is 0 Å². The molecule has 5 nitrogen and oxygen atoms in total. The molecule has 6 heteroatoms. The molecule has 4 rings (SSSR count). The predicted octanol–water partition coefficient (Wildman–Crippen LogP) is 2.64. The van der Waals surface area contributed by atoms with Gasteiger partial charge >= 0.3 is 0 Å². The summed E-state index contributed by atoms with van der Waals surface area (Å²) >= 11 is 0. The minimum Gasteiger partial charge on any atom is -0.324 e. The van der Waals surface area contributed by atoms with Crippen molar-refractivity contribution >= 4 is 23.2 Å². The van der Waals surface area contributed by atoms with Gasteiger partial charge in [0, 0.05) is 33.5 Å². The zero-order valence-electron chi connectivity index (χ0n) is 17.2. The molecular formula is C25H22FN2O3+. The molecule has 1 unspecified atom stereocenters. The highest BCUT2D eigenvalue weighted by Gasteiger charge is 2.30. The van der Waals surface area contributed by atoms with Crippen LogP contribution in [0.5, 0.6) is 0 Å². The van der Waals surface area contributed by atoms with Gasteiger partial charge in [-0.2, -0.15) is 0 Å². The number of hydrogen-bond acceptors (Lipinski definition) is 3. The van der Waals surface area contributed by atoms with E-state index in [-0.39, 0.29) is 28.9 Å². The smallest absolute Gasteiger partial charge is 0.282 e. The van der Waals surface area contributed by atoms with Gasteiger partial charge in [0.15, 0.2) is 17.6 Å². The predicted molar refractivity (Wildman–Crippen MR) is 115 cm³/mol. The number of hydrogen-bond donors (Lipinski definition) is 2. The standard InChI is InChI=1S/C25H21FN2O3/c1-15(28(2)14-16-6-5-7-17(26)12-16)25(31)27-18-10-11-21-22(13-18)24(30)20-9-4-3-8-19(20)23(21)29/h3-13,15H,14H2,1-2H3,(H,27,31)/p+1/t15-/m0/s1. The lowest BCUT2D eigenvalue weighted by Gasteiger charge is -2.22. The maximum absolute atomic E-state index is 13.4. The molecule has 0 radical (unpaired) electrons. The largest absolute Gasteiger partial charge is 0.324 e. The molecular weight excluding hydrogens is 395 g/mol. The Kier molecular flexibility index (Phi) is 5.48. The van der Waals surface area contributed by atoms with Crippen molar-refractivity contribution in [2.75, 3.05) is 12.4 Å². The van der Waals surface area contributed by atoms with Crippen molar-refractivity contribution in [2.45, 2.75) is 19.5 Å². The monoisotopic (exact) mass is 417 g/mol. The third-order valence-corrected chi connectivity index (χ3v) is 5.70. The highest BCUT2D eigenvalue weighted by Crippen LogP contribution is 2.29. The Hall–Kier alpha value is -3.64. The summed E-state index contributed by atoms with van der Waals surface area (Å²) in [6.45, 7) is 2.27. The number of carbonyl (C=O) groups is 3. The summed E-state index contributed by atoms with van der Waals surface area (Å²) < 4.78 is 13.4. The van der Waals surface area contributed by atoms with Crippen molar-refractivity contribution in [3.8, 4) is 0 Å². The molecule has 0 aromatic heterocycles. The van der Waals surface area contributed by atoms with Gasteiger partial charge in [-0.25, -0.2) is 4.39 Å². The number of benzene rings is 3. The molecule has 0 spiro atoms. The van der Waals surface area contributed by atoms with Gasteiger partial charge in [-0.05, 0) is 37.3 Å². The summed E-state index contributed by atoms with van der Waals surface area (Å²) in [7, 11) is 1.86. The Morgan fingerprint density at radius 1 is 0.903 bits per heavy atom. The number of ketones is 2. The van der Waals surface area contributed by atoms with Crippen molar-refractivity contribution in [1.82, 2.24) is 0 Å². The molecule has 0 aliphatic heterocycles. The molecule has 0 fully saturated rings. The van der Waals surface area contributed by atoms with E-state index in [0.717, 1.165) is 10.5 Å². The van der Waals surface area contributed by atoms with Gasteiger partial charge in [0.2, 0.25) is 0 Å². The first-order chi connectivity index (χ1) is 14.8. The molecule has 0 bridgehead atoms. The lowest BCUT2D eigenvalue weighted by Crippen LogP contribution is -3.12. The van der Waals surface area contributed by atoms with E-state index in [9.17, 15) is 18.8 Å². The Morgan fingerprint density at radius 3 is 2.23 bits per heavy atom. The van der Waals surface area contributed by atoms with E-state index in [1.165, 1.54) is 12.1 Å². The normalized spacial score (nSPS) is 14.4. The molecule has 3 aromatic rings. The van der Waals surface area contributed by atoms with Gasteiger partial charge in [-0.15, -0.1) is 0 Å². The van der Waals surface area contributed by atoms with Crippen molar-refractivity contribution in [3.63, 3.8) is 0 Å². The number of carbonyl (C=O) groups excluding carboxylic acids is 3. The molecule has 0 saturated heterocycles. The average molecular weight is 417 g/mol. The van der Waals surface area contributed by atoms with E-state index in [1.54, 1.807) is 55.5 Å². The van der Waals surface area contributed by atoms with E-state index in [0.29, 0.717) is 28.9 Å². The average Bonchev–Trinajstić information content (AvgIpc) is 2.77. The van der Waals surface area contributed by atoms with E-state index in [1.807, 2.05) is 13.1 Å². The Morgan fingerprint density at radius 2 is 1.55 bits per heavy atom. The second kappa shape index (κ2) is 8.24. The number of fused-ring (bicyclic) bond motifs is 2.